The second-order valence-electron chi connectivity index (χ2n) is 16.1. The topological polar surface area (TPSA) is 155 Å². The summed E-state index contributed by atoms with van der Waals surface area (Å²) in [6, 6.07) is 11.5. The summed E-state index contributed by atoms with van der Waals surface area (Å²) in [5.41, 5.74) is -1.38. The maximum absolute atomic E-state index is 13.6. The van der Waals surface area contributed by atoms with Gasteiger partial charge in [-0.3, -0.25) is 34.3 Å². The molecule has 3 atom stereocenters. The van der Waals surface area contributed by atoms with Crippen LogP contribution in [0.25, 0.3) is 0 Å². The number of carbonyl (C=O) groups is 5. The van der Waals surface area contributed by atoms with Gasteiger partial charge >= 0.3 is 12.2 Å². The molecule has 2 N–H and O–H groups in total. The van der Waals surface area contributed by atoms with Gasteiger partial charge in [-0.25, -0.2) is 4.79 Å². The van der Waals surface area contributed by atoms with Crippen molar-refractivity contribution < 1.29 is 41.9 Å². The summed E-state index contributed by atoms with van der Waals surface area (Å²) in [5.74, 6) is -1.53. The molecule has 1 unspecified atom stereocenters. The van der Waals surface area contributed by atoms with Crippen molar-refractivity contribution in [3.8, 4) is 6.07 Å². The Morgan fingerprint density at radius 2 is 1.66 bits per heavy atom. The van der Waals surface area contributed by atoms with E-state index in [0.29, 0.717) is 75.7 Å². The van der Waals surface area contributed by atoms with E-state index in [1.807, 2.05) is 12.1 Å². The number of carbonyl (C=O) groups excluding carboxylic acids is 5. The molecule has 4 aliphatic rings. The molecule has 312 valence electrons. The van der Waals surface area contributed by atoms with Gasteiger partial charge in [0.2, 0.25) is 17.7 Å². The van der Waals surface area contributed by atoms with Crippen LogP contribution in [-0.4, -0.2) is 111 Å². The number of rotatable bonds is 12. The molecule has 13 nitrogen and oxygen atoms in total. The van der Waals surface area contributed by atoms with Crippen LogP contribution in [0, 0.1) is 11.3 Å². The fourth-order valence-electron chi connectivity index (χ4n) is 8.66. The second-order valence-corrected chi connectivity index (χ2v) is 17.2. The monoisotopic (exact) mass is 825 g/mol. The number of nitriles is 1. The maximum Gasteiger partial charge on any atom is 0.417 e. The van der Waals surface area contributed by atoms with Crippen molar-refractivity contribution >= 4 is 47.3 Å². The lowest BCUT2D eigenvalue weighted by atomic mass is 9.89. The fourth-order valence-corrected chi connectivity index (χ4v) is 9.64. The molecule has 0 aromatic heterocycles. The first-order chi connectivity index (χ1) is 27.5. The average Bonchev–Trinajstić information content (AvgIpc) is 3.33. The van der Waals surface area contributed by atoms with E-state index >= 15 is 0 Å². The second kappa shape index (κ2) is 17.8. The van der Waals surface area contributed by atoms with Crippen molar-refractivity contribution in [3.05, 3.63) is 59.2 Å². The van der Waals surface area contributed by atoms with Crippen molar-refractivity contribution in [2.45, 2.75) is 119 Å². The molecular formula is C41H50F3N7O6S. The predicted octanol–water partition coefficient (Wildman–Crippen LogP) is 5.90. The first kappa shape index (κ1) is 43.1. The molecule has 4 fully saturated rings. The van der Waals surface area contributed by atoms with Crippen molar-refractivity contribution in [1.29, 1.82) is 5.26 Å². The molecule has 3 aliphatic heterocycles. The lowest BCUT2D eigenvalue weighted by Crippen LogP contribution is -2.57. The Morgan fingerprint density at radius 1 is 0.983 bits per heavy atom. The van der Waals surface area contributed by atoms with Crippen LogP contribution in [0.3, 0.4) is 0 Å². The van der Waals surface area contributed by atoms with E-state index in [9.17, 15) is 37.1 Å². The third-order valence-corrected chi connectivity index (χ3v) is 12.7. The number of nitrogens with zero attached hydrogens (tertiary/aromatic N) is 5. The summed E-state index contributed by atoms with van der Waals surface area (Å²) in [6.45, 7) is 11.2. The number of alkyl halides is 3. The minimum atomic E-state index is -4.76. The summed E-state index contributed by atoms with van der Waals surface area (Å²) in [7, 11) is 0. The molecule has 58 heavy (non-hydrogen) atoms. The highest BCUT2D eigenvalue weighted by Crippen LogP contribution is 2.42. The number of hydrogen-bond acceptors (Lipinski definition) is 10. The Hall–Kier alpha value is -4.50. The van der Waals surface area contributed by atoms with E-state index in [4.69, 9.17) is 10.00 Å². The van der Waals surface area contributed by atoms with Crippen LogP contribution in [0.1, 0.15) is 95.2 Å². The molecule has 1 aliphatic carbocycles. The van der Waals surface area contributed by atoms with Crippen molar-refractivity contribution in [1.82, 2.24) is 24.3 Å². The number of halogens is 3. The molecule has 0 bridgehead atoms. The number of piperidine rings is 1. The van der Waals surface area contributed by atoms with Gasteiger partial charge in [0.1, 0.15) is 5.54 Å². The normalized spacial score (nSPS) is 25.8. The zero-order valence-electron chi connectivity index (χ0n) is 33.1. The number of amides is 6. The number of ether oxygens (including phenoxy) is 1. The number of piperazine rings is 1. The lowest BCUT2D eigenvalue weighted by molar-refractivity contribution is -0.138. The molecule has 0 spiro atoms. The number of imide groups is 2. The first-order valence-electron chi connectivity index (χ1n) is 19.8. The highest BCUT2D eigenvalue weighted by molar-refractivity contribution is 7.98. The van der Waals surface area contributed by atoms with Gasteiger partial charge in [-0.05, 0) is 108 Å². The van der Waals surface area contributed by atoms with Crippen molar-refractivity contribution in [2.75, 3.05) is 38.1 Å². The molecular weight excluding hydrogens is 776 g/mol. The molecule has 6 rings (SSSR count). The molecule has 1 saturated carbocycles. The predicted molar refractivity (Wildman–Crippen MR) is 209 cm³/mol. The zero-order valence-corrected chi connectivity index (χ0v) is 34.0. The number of benzene rings is 2. The standard InChI is InChI=1S/C41H50F3N7O6S/c1-25-23-48(24-26(2)49(25)18-17-36(53)46-29-8-5-27(6-9-29)33-15-16-35(52)47-37(33)54)19-20-57-31-12-10-30(11-13-31)50-39(56)51(38(55)40(50,3)4)58-32-14-7-28(22-45)34(21-32)41(42,43)44/h5-9,14,21,25-26,30-31,33H,10-13,15-20,23-24H2,1-4H3,(H,46,53)(H,47,52,54)/t25-,26+,30?,31?,33?. The molecule has 3 heterocycles. The smallest absolute Gasteiger partial charge is 0.377 e. The number of nitrogens with one attached hydrogen (secondary N) is 2. The van der Waals surface area contributed by atoms with Crippen molar-refractivity contribution in [2.24, 2.45) is 0 Å². The van der Waals surface area contributed by atoms with Gasteiger partial charge in [-0.2, -0.15) is 22.7 Å². The number of anilines is 1. The summed E-state index contributed by atoms with van der Waals surface area (Å²) < 4.78 is 47.9. The van der Waals surface area contributed by atoms with Gasteiger partial charge in [0.05, 0.1) is 35.8 Å². The van der Waals surface area contributed by atoms with Crippen LogP contribution >= 0.6 is 11.9 Å². The van der Waals surface area contributed by atoms with E-state index in [0.717, 1.165) is 41.6 Å². The van der Waals surface area contributed by atoms with Gasteiger partial charge in [-0.1, -0.05) is 12.1 Å². The summed E-state index contributed by atoms with van der Waals surface area (Å²) >= 11 is 0.637. The quantitative estimate of drug-likeness (QED) is 0.150. The average molecular weight is 826 g/mol. The minimum Gasteiger partial charge on any atom is -0.377 e. The highest BCUT2D eigenvalue weighted by Gasteiger charge is 2.55. The Bertz CT molecular complexity index is 1920. The Kier molecular flexibility index (Phi) is 13.2. The Balaban J connectivity index is 0.911. The van der Waals surface area contributed by atoms with Gasteiger partial charge in [0, 0.05) is 67.7 Å². The van der Waals surface area contributed by atoms with Crippen LogP contribution < -0.4 is 10.6 Å². The van der Waals surface area contributed by atoms with Gasteiger partial charge in [0.15, 0.2) is 0 Å². The van der Waals surface area contributed by atoms with Gasteiger partial charge in [-0.15, -0.1) is 0 Å². The Morgan fingerprint density at radius 3 is 2.28 bits per heavy atom. The van der Waals surface area contributed by atoms with Gasteiger partial charge < -0.3 is 15.0 Å². The highest BCUT2D eigenvalue weighted by atomic mass is 32.2. The summed E-state index contributed by atoms with van der Waals surface area (Å²) in [5, 5.41) is 14.5. The minimum absolute atomic E-state index is 0.000897. The van der Waals surface area contributed by atoms with Crippen LogP contribution in [0.15, 0.2) is 47.4 Å². The number of hydrogen-bond donors (Lipinski definition) is 2. The van der Waals surface area contributed by atoms with Crippen LogP contribution in [-0.2, 0) is 30.1 Å². The third kappa shape index (κ3) is 9.68. The lowest BCUT2D eigenvalue weighted by Gasteiger charge is -2.44. The molecule has 2 aromatic carbocycles. The molecule has 0 radical (unpaired) electrons. The zero-order chi connectivity index (χ0) is 41.9. The van der Waals surface area contributed by atoms with E-state index < -0.39 is 34.8 Å². The van der Waals surface area contributed by atoms with Crippen LogP contribution in [0.2, 0.25) is 0 Å². The largest absolute Gasteiger partial charge is 0.417 e. The van der Waals surface area contributed by atoms with Crippen LogP contribution in [0.4, 0.5) is 23.7 Å². The van der Waals surface area contributed by atoms with E-state index in [2.05, 4.69) is 34.3 Å². The summed E-state index contributed by atoms with van der Waals surface area (Å²) in [4.78, 5) is 69.9. The first-order valence-corrected chi connectivity index (χ1v) is 20.5. The van der Waals surface area contributed by atoms with E-state index in [1.165, 1.54) is 6.07 Å². The summed E-state index contributed by atoms with van der Waals surface area (Å²) in [6.07, 6.45) is -1.02. The molecule has 17 heteroatoms. The SMILES string of the molecule is C[C@@H]1CN(CCOC2CCC(N3C(=O)N(Sc4ccc(C#N)c(C(F)(F)F)c4)C(=O)C3(C)C)CC2)C[C@H](C)N1CCC(=O)Nc1ccc(C2CCC(=O)NC2=O)cc1. The molecule has 3 saturated heterocycles. The van der Waals surface area contributed by atoms with Crippen molar-refractivity contribution in [3.63, 3.8) is 0 Å². The maximum atomic E-state index is 13.6. The fraction of sp³-hybridized carbons (Fsp3) is 0.561. The van der Waals surface area contributed by atoms with E-state index in [1.54, 1.807) is 36.9 Å². The Labute approximate surface area is 340 Å². The third-order valence-electron chi connectivity index (χ3n) is 11.7. The van der Waals surface area contributed by atoms with Gasteiger partial charge in [0.25, 0.3) is 5.91 Å². The molecule has 6 amide bonds. The van der Waals surface area contributed by atoms with E-state index in [-0.39, 0.29) is 52.8 Å². The van der Waals surface area contributed by atoms with Crippen LogP contribution in [0.5, 0.6) is 0 Å². The number of urea groups is 1. The molecule has 2 aromatic rings.